The van der Waals surface area contributed by atoms with E-state index < -0.39 is 6.29 Å². The molecule has 2 unspecified atom stereocenters. The molecule has 0 aromatic rings. The second-order valence-corrected chi connectivity index (χ2v) is 2.11. The molecule has 0 amide bonds. The Morgan fingerprint density at radius 2 is 2.50 bits per heavy atom. The van der Waals surface area contributed by atoms with E-state index in [1.165, 1.54) is 0 Å². The zero-order chi connectivity index (χ0) is 7.40. The van der Waals surface area contributed by atoms with Crippen LogP contribution in [0.2, 0.25) is 0 Å². The van der Waals surface area contributed by atoms with Gasteiger partial charge in [-0.1, -0.05) is 0 Å². The molecule has 58 valence electrons. The van der Waals surface area contributed by atoms with Gasteiger partial charge in [0.15, 0.2) is 6.29 Å². The minimum atomic E-state index is -0.712. The monoisotopic (exact) mass is 146 g/mol. The number of rotatable bonds is 3. The van der Waals surface area contributed by atoms with Crippen LogP contribution in [0.15, 0.2) is 0 Å². The van der Waals surface area contributed by atoms with E-state index in [4.69, 9.17) is 14.6 Å². The number of hydrogen-bond donors (Lipinski definition) is 1. The Morgan fingerprint density at radius 1 is 1.70 bits per heavy atom. The van der Waals surface area contributed by atoms with Gasteiger partial charge in [-0.3, -0.25) is 4.79 Å². The lowest BCUT2D eigenvalue weighted by molar-refractivity contribution is -0.133. The first kappa shape index (κ1) is 7.65. The van der Waals surface area contributed by atoms with Crippen molar-refractivity contribution in [1.29, 1.82) is 0 Å². The molecule has 0 spiro atoms. The number of ether oxygens (including phenoxy) is 2. The molecule has 10 heavy (non-hydrogen) atoms. The summed E-state index contributed by atoms with van der Waals surface area (Å²) in [5.41, 5.74) is 0. The van der Waals surface area contributed by atoms with Gasteiger partial charge >= 0.3 is 0 Å². The van der Waals surface area contributed by atoms with Crippen LogP contribution in [0.3, 0.4) is 0 Å². The van der Waals surface area contributed by atoms with E-state index in [2.05, 4.69) is 0 Å². The van der Waals surface area contributed by atoms with E-state index in [9.17, 15) is 4.79 Å². The predicted molar refractivity (Wildman–Crippen MR) is 32.4 cm³/mol. The number of carbonyl (C=O) groups is 1. The Kier molecular flexibility index (Phi) is 2.80. The molecule has 1 saturated heterocycles. The van der Waals surface area contributed by atoms with Crippen LogP contribution in [-0.4, -0.2) is 37.0 Å². The van der Waals surface area contributed by atoms with Crippen LogP contribution in [0.25, 0.3) is 0 Å². The normalized spacial score (nSPS) is 32.5. The van der Waals surface area contributed by atoms with Gasteiger partial charge in [0.05, 0.1) is 12.7 Å². The van der Waals surface area contributed by atoms with Crippen LogP contribution in [0.4, 0.5) is 0 Å². The highest BCUT2D eigenvalue weighted by Crippen LogP contribution is 2.11. The standard InChI is InChI=1S/C6H10O4/c7-2-1-5-4-9-6(3-8)10-5/h3,5-7H,1-2,4H2. The molecule has 0 aromatic heterocycles. The van der Waals surface area contributed by atoms with Gasteiger partial charge in [-0.15, -0.1) is 0 Å². The van der Waals surface area contributed by atoms with Crippen molar-refractivity contribution in [1.82, 2.24) is 0 Å². The highest BCUT2D eigenvalue weighted by atomic mass is 16.7. The van der Waals surface area contributed by atoms with Crippen molar-refractivity contribution in [3.63, 3.8) is 0 Å². The Bertz CT molecular complexity index is 114. The van der Waals surface area contributed by atoms with Gasteiger partial charge in [-0.05, 0) is 6.42 Å². The average Bonchev–Trinajstić information content (AvgIpc) is 2.37. The fourth-order valence-corrected chi connectivity index (χ4v) is 0.837. The zero-order valence-corrected chi connectivity index (χ0v) is 5.53. The molecule has 0 bridgehead atoms. The Labute approximate surface area is 58.7 Å². The molecule has 1 N–H and O–H groups in total. The van der Waals surface area contributed by atoms with Crippen molar-refractivity contribution in [2.24, 2.45) is 0 Å². The molecule has 4 heteroatoms. The van der Waals surface area contributed by atoms with E-state index in [0.29, 0.717) is 19.3 Å². The fourth-order valence-electron chi connectivity index (χ4n) is 0.837. The molecule has 2 atom stereocenters. The molecular formula is C6H10O4. The lowest BCUT2D eigenvalue weighted by atomic mass is 10.3. The summed E-state index contributed by atoms with van der Waals surface area (Å²) in [4.78, 5) is 10.0. The van der Waals surface area contributed by atoms with Crippen LogP contribution >= 0.6 is 0 Å². The molecule has 4 nitrogen and oxygen atoms in total. The molecule has 1 aliphatic heterocycles. The molecule has 1 aliphatic rings. The summed E-state index contributed by atoms with van der Waals surface area (Å²) in [6.45, 7) is 0.476. The molecule has 0 aliphatic carbocycles. The maximum absolute atomic E-state index is 10.0. The number of carbonyl (C=O) groups excluding carboxylic acids is 1. The number of aliphatic hydroxyl groups excluding tert-OH is 1. The van der Waals surface area contributed by atoms with Crippen molar-refractivity contribution in [3.05, 3.63) is 0 Å². The molecule has 0 aromatic carbocycles. The molecule has 1 heterocycles. The first-order chi connectivity index (χ1) is 4.86. The summed E-state index contributed by atoms with van der Waals surface area (Å²) in [6.07, 6.45) is 0.318. The number of aliphatic hydroxyl groups is 1. The smallest absolute Gasteiger partial charge is 0.215 e. The maximum atomic E-state index is 10.0. The minimum Gasteiger partial charge on any atom is -0.396 e. The largest absolute Gasteiger partial charge is 0.396 e. The maximum Gasteiger partial charge on any atom is 0.215 e. The van der Waals surface area contributed by atoms with Gasteiger partial charge < -0.3 is 14.6 Å². The third-order valence-electron chi connectivity index (χ3n) is 1.34. The number of aldehydes is 1. The summed E-state index contributed by atoms with van der Waals surface area (Å²) >= 11 is 0. The molecule has 0 saturated carbocycles. The van der Waals surface area contributed by atoms with Crippen LogP contribution < -0.4 is 0 Å². The Balaban J connectivity index is 2.21. The summed E-state index contributed by atoms with van der Waals surface area (Å²) in [7, 11) is 0. The van der Waals surface area contributed by atoms with E-state index >= 15 is 0 Å². The molecule has 0 radical (unpaired) electrons. The van der Waals surface area contributed by atoms with Crippen LogP contribution in [0.1, 0.15) is 6.42 Å². The molecule has 1 fully saturated rings. The minimum absolute atomic E-state index is 0.0691. The van der Waals surface area contributed by atoms with E-state index in [0.717, 1.165) is 0 Å². The Hall–Kier alpha value is -0.450. The first-order valence-corrected chi connectivity index (χ1v) is 3.20. The lowest BCUT2D eigenvalue weighted by Gasteiger charge is -2.03. The van der Waals surface area contributed by atoms with Crippen molar-refractivity contribution in [2.45, 2.75) is 18.8 Å². The second-order valence-electron chi connectivity index (χ2n) is 2.11. The fraction of sp³-hybridized carbons (Fsp3) is 0.833. The predicted octanol–water partition coefficient (Wildman–Crippen LogP) is -0.691. The summed E-state index contributed by atoms with van der Waals surface area (Å²) in [5, 5.41) is 8.46. The third kappa shape index (κ3) is 1.76. The van der Waals surface area contributed by atoms with Crippen molar-refractivity contribution in [2.75, 3.05) is 13.2 Å². The SMILES string of the molecule is O=CC1OCC(CCO)O1. The van der Waals surface area contributed by atoms with Gasteiger partial charge in [0, 0.05) is 6.61 Å². The van der Waals surface area contributed by atoms with Crippen molar-refractivity contribution < 1.29 is 19.4 Å². The van der Waals surface area contributed by atoms with Crippen LogP contribution in [0.5, 0.6) is 0 Å². The summed E-state index contributed by atoms with van der Waals surface area (Å²) < 4.78 is 9.87. The number of hydrogen-bond acceptors (Lipinski definition) is 4. The highest BCUT2D eigenvalue weighted by Gasteiger charge is 2.24. The highest BCUT2D eigenvalue weighted by molar-refractivity contribution is 5.54. The van der Waals surface area contributed by atoms with Crippen molar-refractivity contribution in [3.8, 4) is 0 Å². The second kappa shape index (κ2) is 3.65. The van der Waals surface area contributed by atoms with Gasteiger partial charge in [-0.25, -0.2) is 0 Å². The van der Waals surface area contributed by atoms with Gasteiger partial charge in [0.2, 0.25) is 6.29 Å². The van der Waals surface area contributed by atoms with Gasteiger partial charge in [-0.2, -0.15) is 0 Å². The summed E-state index contributed by atoms with van der Waals surface area (Å²) in [6, 6.07) is 0. The van der Waals surface area contributed by atoms with Crippen LogP contribution in [-0.2, 0) is 14.3 Å². The third-order valence-corrected chi connectivity index (χ3v) is 1.34. The molecular weight excluding hydrogens is 136 g/mol. The van der Waals surface area contributed by atoms with Crippen LogP contribution in [0, 0.1) is 0 Å². The van der Waals surface area contributed by atoms with E-state index in [1.807, 2.05) is 0 Å². The van der Waals surface area contributed by atoms with Gasteiger partial charge in [0.25, 0.3) is 0 Å². The van der Waals surface area contributed by atoms with E-state index in [1.54, 1.807) is 0 Å². The quantitative estimate of drug-likeness (QED) is 0.535. The van der Waals surface area contributed by atoms with Gasteiger partial charge in [0.1, 0.15) is 0 Å². The lowest BCUT2D eigenvalue weighted by Crippen LogP contribution is -2.14. The average molecular weight is 146 g/mol. The Morgan fingerprint density at radius 3 is 3.00 bits per heavy atom. The summed E-state index contributed by atoms with van der Waals surface area (Å²) in [5.74, 6) is 0. The zero-order valence-electron chi connectivity index (χ0n) is 5.53. The topological polar surface area (TPSA) is 55.8 Å². The first-order valence-electron chi connectivity index (χ1n) is 3.20. The molecule has 1 rings (SSSR count). The van der Waals surface area contributed by atoms with Crippen molar-refractivity contribution >= 4 is 6.29 Å². The van der Waals surface area contributed by atoms with E-state index in [-0.39, 0.29) is 12.7 Å².